The monoisotopic (exact) mass is 288 g/mol. The molecule has 1 saturated carbocycles. The molecular weight excluding hydrogens is 272 g/mol. The molecule has 1 aromatic carbocycles. The van der Waals surface area contributed by atoms with Crippen molar-refractivity contribution in [3.8, 4) is 17.2 Å². The normalized spacial score (nSPS) is 14.0. The number of nitrogens with zero attached hydrogens (tertiary/aromatic N) is 2. The molecule has 1 fully saturated rings. The van der Waals surface area contributed by atoms with E-state index in [-0.39, 0.29) is 5.69 Å². The molecule has 0 atom stereocenters. The number of rotatable bonds is 5. The summed E-state index contributed by atoms with van der Waals surface area (Å²) in [4.78, 5) is 11.1. The van der Waals surface area contributed by atoms with Gasteiger partial charge in [-0.15, -0.1) is 0 Å². The molecule has 1 aromatic heterocycles. The molecule has 3 rings (SSSR count). The van der Waals surface area contributed by atoms with E-state index in [0.29, 0.717) is 17.4 Å². The molecule has 0 bridgehead atoms. The molecule has 2 aromatic rings. The molecular formula is C15H16N2O4. The summed E-state index contributed by atoms with van der Waals surface area (Å²) < 4.78 is 12.2. The van der Waals surface area contributed by atoms with E-state index in [1.165, 1.54) is 0 Å². The van der Waals surface area contributed by atoms with Gasteiger partial charge in [-0.3, -0.25) is 0 Å². The smallest absolute Gasteiger partial charge is 0.356 e. The first-order valence-corrected chi connectivity index (χ1v) is 6.69. The number of ether oxygens (including phenoxy) is 2. The third-order valence-corrected chi connectivity index (χ3v) is 3.56. The van der Waals surface area contributed by atoms with Crippen LogP contribution in [0.1, 0.15) is 34.9 Å². The minimum absolute atomic E-state index is 0.0617. The Morgan fingerprint density at radius 3 is 2.52 bits per heavy atom. The number of hydrogen-bond acceptors (Lipinski definition) is 4. The van der Waals surface area contributed by atoms with Gasteiger partial charge in [0.15, 0.2) is 17.2 Å². The highest BCUT2D eigenvalue weighted by Crippen LogP contribution is 2.41. The summed E-state index contributed by atoms with van der Waals surface area (Å²) in [6.45, 7) is 0. The fourth-order valence-corrected chi connectivity index (χ4v) is 2.33. The lowest BCUT2D eigenvalue weighted by Gasteiger charge is -2.11. The fourth-order valence-electron chi connectivity index (χ4n) is 2.33. The molecule has 1 heterocycles. The molecule has 0 spiro atoms. The van der Waals surface area contributed by atoms with E-state index >= 15 is 0 Å². The molecule has 0 radical (unpaired) electrons. The first-order valence-electron chi connectivity index (χ1n) is 6.69. The summed E-state index contributed by atoms with van der Waals surface area (Å²) in [5.41, 5.74) is 1.76. The molecule has 21 heavy (non-hydrogen) atoms. The zero-order valence-electron chi connectivity index (χ0n) is 11.9. The highest BCUT2D eigenvalue weighted by atomic mass is 16.5. The molecule has 110 valence electrons. The van der Waals surface area contributed by atoms with Crippen LogP contribution in [0.4, 0.5) is 0 Å². The summed E-state index contributed by atoms with van der Waals surface area (Å²) in [5.74, 6) is 0.582. The van der Waals surface area contributed by atoms with Crippen LogP contribution < -0.4 is 9.47 Å². The van der Waals surface area contributed by atoms with Crippen LogP contribution in [-0.2, 0) is 0 Å². The molecule has 0 amide bonds. The molecule has 6 nitrogen and oxygen atoms in total. The van der Waals surface area contributed by atoms with Gasteiger partial charge in [-0.1, -0.05) is 0 Å². The Kier molecular flexibility index (Phi) is 3.29. The topological polar surface area (TPSA) is 73.6 Å². The number of methoxy groups -OCH3 is 2. The Morgan fingerprint density at radius 1 is 1.24 bits per heavy atom. The minimum Gasteiger partial charge on any atom is -0.493 e. The second kappa shape index (κ2) is 5.12. The van der Waals surface area contributed by atoms with E-state index in [0.717, 1.165) is 24.2 Å². The van der Waals surface area contributed by atoms with Gasteiger partial charge in [-0.05, 0) is 31.0 Å². The summed E-state index contributed by atoms with van der Waals surface area (Å²) in [7, 11) is 3.14. The lowest BCUT2D eigenvalue weighted by atomic mass is 10.2. The zero-order valence-corrected chi connectivity index (χ0v) is 11.9. The van der Waals surface area contributed by atoms with Gasteiger partial charge in [0.1, 0.15) is 0 Å². The Bertz CT molecular complexity index is 689. The standard InChI is InChI=1S/C15H16N2O4/c1-20-13-6-5-10(7-14(13)21-2)17-12(9-3-4-9)8-11(16-17)15(18)19/h5-9H,3-4H2,1-2H3,(H,18,19). The van der Waals surface area contributed by atoms with Gasteiger partial charge in [0.25, 0.3) is 0 Å². The average Bonchev–Trinajstić information content (AvgIpc) is 3.24. The zero-order chi connectivity index (χ0) is 15.0. The van der Waals surface area contributed by atoms with Gasteiger partial charge in [0.2, 0.25) is 0 Å². The van der Waals surface area contributed by atoms with Gasteiger partial charge in [0, 0.05) is 17.7 Å². The maximum atomic E-state index is 11.1. The van der Waals surface area contributed by atoms with Crippen LogP contribution in [0.15, 0.2) is 24.3 Å². The van der Waals surface area contributed by atoms with E-state index in [1.54, 1.807) is 37.1 Å². The number of benzene rings is 1. The van der Waals surface area contributed by atoms with E-state index in [1.807, 2.05) is 6.07 Å². The third kappa shape index (κ3) is 2.44. The second-order valence-corrected chi connectivity index (χ2v) is 4.98. The van der Waals surface area contributed by atoms with Crippen molar-refractivity contribution in [1.82, 2.24) is 9.78 Å². The SMILES string of the molecule is COc1ccc(-n2nc(C(=O)O)cc2C2CC2)cc1OC. The predicted molar refractivity (Wildman–Crippen MR) is 75.6 cm³/mol. The lowest BCUT2D eigenvalue weighted by Crippen LogP contribution is -2.04. The van der Waals surface area contributed by atoms with Crippen molar-refractivity contribution < 1.29 is 19.4 Å². The maximum Gasteiger partial charge on any atom is 0.356 e. The van der Waals surface area contributed by atoms with Gasteiger partial charge in [-0.25, -0.2) is 9.48 Å². The number of hydrogen-bond donors (Lipinski definition) is 1. The molecule has 1 aliphatic rings. The second-order valence-electron chi connectivity index (χ2n) is 4.98. The first kappa shape index (κ1) is 13.5. The number of carboxylic acid groups (broad SMARTS) is 1. The van der Waals surface area contributed by atoms with Crippen LogP contribution in [0, 0.1) is 0 Å². The van der Waals surface area contributed by atoms with Crippen molar-refractivity contribution in [2.45, 2.75) is 18.8 Å². The first-order chi connectivity index (χ1) is 10.1. The van der Waals surface area contributed by atoms with Crippen LogP contribution in [0.3, 0.4) is 0 Å². The average molecular weight is 288 g/mol. The van der Waals surface area contributed by atoms with Crippen molar-refractivity contribution in [3.05, 3.63) is 35.7 Å². The summed E-state index contributed by atoms with van der Waals surface area (Å²) in [6, 6.07) is 7.07. The molecule has 1 aliphatic carbocycles. The van der Waals surface area contributed by atoms with E-state index in [9.17, 15) is 4.79 Å². The van der Waals surface area contributed by atoms with Crippen LogP contribution in [0.2, 0.25) is 0 Å². The Hall–Kier alpha value is -2.50. The number of aromatic nitrogens is 2. The highest BCUT2D eigenvalue weighted by Gasteiger charge is 2.30. The van der Waals surface area contributed by atoms with Crippen LogP contribution in [0.5, 0.6) is 11.5 Å². The summed E-state index contributed by atoms with van der Waals surface area (Å²) >= 11 is 0. The van der Waals surface area contributed by atoms with Crippen molar-refractivity contribution in [2.24, 2.45) is 0 Å². The van der Waals surface area contributed by atoms with E-state index < -0.39 is 5.97 Å². The summed E-state index contributed by atoms with van der Waals surface area (Å²) in [6.07, 6.45) is 2.14. The number of carboxylic acids is 1. The van der Waals surface area contributed by atoms with Gasteiger partial charge < -0.3 is 14.6 Å². The Labute approximate surface area is 121 Å². The molecule has 0 saturated heterocycles. The van der Waals surface area contributed by atoms with Gasteiger partial charge in [-0.2, -0.15) is 5.10 Å². The van der Waals surface area contributed by atoms with Crippen LogP contribution in [-0.4, -0.2) is 35.1 Å². The largest absolute Gasteiger partial charge is 0.493 e. The number of carbonyl (C=O) groups is 1. The molecule has 1 N–H and O–H groups in total. The quantitative estimate of drug-likeness (QED) is 0.915. The minimum atomic E-state index is -1.02. The molecule has 0 unspecified atom stereocenters. The van der Waals surface area contributed by atoms with Crippen molar-refractivity contribution in [2.75, 3.05) is 14.2 Å². The Balaban J connectivity index is 2.09. The van der Waals surface area contributed by atoms with Crippen molar-refractivity contribution in [1.29, 1.82) is 0 Å². The van der Waals surface area contributed by atoms with Crippen LogP contribution in [0.25, 0.3) is 5.69 Å². The molecule has 0 aliphatic heterocycles. The maximum absolute atomic E-state index is 11.1. The molecule has 6 heteroatoms. The van der Waals surface area contributed by atoms with Gasteiger partial charge >= 0.3 is 5.97 Å². The van der Waals surface area contributed by atoms with E-state index in [2.05, 4.69) is 5.10 Å². The van der Waals surface area contributed by atoms with E-state index in [4.69, 9.17) is 14.6 Å². The van der Waals surface area contributed by atoms with Gasteiger partial charge in [0.05, 0.1) is 19.9 Å². The highest BCUT2D eigenvalue weighted by molar-refractivity contribution is 5.85. The fraction of sp³-hybridized carbons (Fsp3) is 0.333. The summed E-state index contributed by atoms with van der Waals surface area (Å²) in [5, 5.41) is 13.3. The lowest BCUT2D eigenvalue weighted by molar-refractivity contribution is 0.0690. The number of aromatic carboxylic acids is 1. The predicted octanol–water partition coefficient (Wildman–Crippen LogP) is 2.47. The van der Waals surface area contributed by atoms with Crippen molar-refractivity contribution >= 4 is 5.97 Å². The Morgan fingerprint density at radius 2 is 1.95 bits per heavy atom. The van der Waals surface area contributed by atoms with Crippen LogP contribution >= 0.6 is 0 Å². The van der Waals surface area contributed by atoms with Crippen molar-refractivity contribution in [3.63, 3.8) is 0 Å². The third-order valence-electron chi connectivity index (χ3n) is 3.56.